The maximum atomic E-state index is 12.0. The first-order valence-electron chi connectivity index (χ1n) is 5.47. The molecule has 0 fully saturated rings. The topological polar surface area (TPSA) is 50.4 Å². The summed E-state index contributed by atoms with van der Waals surface area (Å²) in [5.41, 5.74) is 1.53. The number of fused-ring (bicyclic) bond motifs is 1. The molecule has 0 aliphatic heterocycles. The van der Waals surface area contributed by atoms with E-state index in [1.54, 1.807) is 12.1 Å². The summed E-state index contributed by atoms with van der Waals surface area (Å²) in [5, 5.41) is 12.2. The Balaban J connectivity index is 2.41. The van der Waals surface area contributed by atoms with Crippen LogP contribution in [0.2, 0.25) is 0 Å². The molecule has 4 heteroatoms. The lowest BCUT2D eigenvalue weighted by Crippen LogP contribution is -2.04. The molecule has 3 nitrogen and oxygen atoms in total. The van der Waals surface area contributed by atoms with Gasteiger partial charge in [0, 0.05) is 16.3 Å². The van der Waals surface area contributed by atoms with Gasteiger partial charge in [0.25, 0.3) is 0 Å². The van der Waals surface area contributed by atoms with Gasteiger partial charge in [-0.25, -0.2) is 4.79 Å². The van der Waals surface area contributed by atoms with E-state index in [4.69, 9.17) is 4.42 Å². The summed E-state index contributed by atoms with van der Waals surface area (Å²) >= 11 is 1.51. The van der Waals surface area contributed by atoms with Crippen LogP contribution in [0.3, 0.4) is 0 Å². The summed E-state index contributed by atoms with van der Waals surface area (Å²) in [6.07, 6.45) is 0. The first-order valence-corrected chi connectivity index (χ1v) is 6.35. The van der Waals surface area contributed by atoms with Crippen LogP contribution in [-0.2, 0) is 0 Å². The van der Waals surface area contributed by atoms with Crippen LogP contribution in [0.1, 0.15) is 5.56 Å². The number of hydrogen-bond donors (Lipinski definition) is 1. The molecular weight excluding hydrogens is 248 g/mol. The zero-order valence-electron chi connectivity index (χ0n) is 9.64. The standard InChI is InChI=1S/C14H10O3S/c1-8-10-5-4-9(15)7-11(10)17-14(16)13(8)12-3-2-6-18-12/h2-7,15H,1H3. The van der Waals surface area contributed by atoms with Crippen molar-refractivity contribution in [1.29, 1.82) is 0 Å². The Morgan fingerprint density at radius 3 is 2.83 bits per heavy atom. The summed E-state index contributed by atoms with van der Waals surface area (Å²) in [6, 6.07) is 8.62. The van der Waals surface area contributed by atoms with Crippen LogP contribution in [0.15, 0.2) is 44.9 Å². The van der Waals surface area contributed by atoms with E-state index < -0.39 is 0 Å². The van der Waals surface area contributed by atoms with Crippen molar-refractivity contribution in [3.63, 3.8) is 0 Å². The highest BCUT2D eigenvalue weighted by Gasteiger charge is 2.14. The molecule has 2 aromatic heterocycles. The second kappa shape index (κ2) is 3.99. The average Bonchev–Trinajstić information content (AvgIpc) is 2.82. The molecule has 1 aromatic carbocycles. The number of aromatic hydroxyl groups is 1. The highest BCUT2D eigenvalue weighted by atomic mass is 32.1. The number of phenols is 1. The van der Waals surface area contributed by atoms with E-state index in [0.29, 0.717) is 11.1 Å². The molecule has 0 aliphatic carbocycles. The average molecular weight is 258 g/mol. The Morgan fingerprint density at radius 1 is 1.28 bits per heavy atom. The third kappa shape index (κ3) is 1.62. The molecule has 18 heavy (non-hydrogen) atoms. The number of benzene rings is 1. The zero-order chi connectivity index (χ0) is 12.7. The number of thiophene rings is 1. The first kappa shape index (κ1) is 11.0. The van der Waals surface area contributed by atoms with Gasteiger partial charge in [-0.15, -0.1) is 11.3 Å². The van der Waals surface area contributed by atoms with E-state index in [1.165, 1.54) is 17.4 Å². The van der Waals surface area contributed by atoms with Crippen LogP contribution < -0.4 is 5.63 Å². The summed E-state index contributed by atoms with van der Waals surface area (Å²) in [7, 11) is 0. The Morgan fingerprint density at radius 2 is 2.11 bits per heavy atom. The van der Waals surface area contributed by atoms with Gasteiger partial charge in [-0.3, -0.25) is 0 Å². The highest BCUT2D eigenvalue weighted by molar-refractivity contribution is 7.13. The van der Waals surface area contributed by atoms with E-state index in [1.807, 2.05) is 24.4 Å². The van der Waals surface area contributed by atoms with E-state index in [-0.39, 0.29) is 11.4 Å². The molecule has 2 heterocycles. The first-order chi connectivity index (χ1) is 8.66. The van der Waals surface area contributed by atoms with Gasteiger partial charge in [-0.05, 0) is 36.1 Å². The molecule has 0 bridgehead atoms. The molecule has 3 rings (SSSR count). The minimum atomic E-state index is -0.368. The molecule has 0 saturated carbocycles. The lowest BCUT2D eigenvalue weighted by atomic mass is 10.0. The van der Waals surface area contributed by atoms with Crippen molar-refractivity contribution < 1.29 is 9.52 Å². The fourth-order valence-corrected chi connectivity index (χ4v) is 2.87. The quantitative estimate of drug-likeness (QED) is 0.679. The van der Waals surface area contributed by atoms with Gasteiger partial charge in [0.15, 0.2) is 0 Å². The van der Waals surface area contributed by atoms with Crippen LogP contribution in [0, 0.1) is 6.92 Å². The van der Waals surface area contributed by atoms with Gasteiger partial charge >= 0.3 is 5.63 Å². The molecule has 0 spiro atoms. The summed E-state index contributed by atoms with van der Waals surface area (Å²) in [5.74, 6) is 0.0916. The minimum Gasteiger partial charge on any atom is -0.508 e. The maximum Gasteiger partial charge on any atom is 0.345 e. The molecule has 0 atom stereocenters. The van der Waals surface area contributed by atoms with Crippen LogP contribution in [0.25, 0.3) is 21.4 Å². The predicted molar refractivity (Wildman–Crippen MR) is 72.2 cm³/mol. The monoisotopic (exact) mass is 258 g/mol. The molecule has 0 aliphatic rings. The SMILES string of the molecule is Cc1c(-c2cccs2)c(=O)oc2cc(O)ccc12. The zero-order valence-corrected chi connectivity index (χ0v) is 10.5. The second-order valence-electron chi connectivity index (χ2n) is 4.05. The molecule has 0 radical (unpaired) electrons. The van der Waals surface area contributed by atoms with Gasteiger partial charge < -0.3 is 9.52 Å². The van der Waals surface area contributed by atoms with Crippen molar-refractivity contribution in [3.8, 4) is 16.2 Å². The van der Waals surface area contributed by atoms with Crippen molar-refractivity contribution in [1.82, 2.24) is 0 Å². The lowest BCUT2D eigenvalue weighted by Gasteiger charge is -2.06. The van der Waals surface area contributed by atoms with Crippen LogP contribution >= 0.6 is 11.3 Å². The fourth-order valence-electron chi connectivity index (χ4n) is 2.05. The number of aryl methyl sites for hydroxylation is 1. The number of hydrogen-bond acceptors (Lipinski definition) is 4. The van der Waals surface area contributed by atoms with Crippen molar-refractivity contribution in [2.45, 2.75) is 6.92 Å². The van der Waals surface area contributed by atoms with Gasteiger partial charge in [0.2, 0.25) is 0 Å². The molecule has 0 unspecified atom stereocenters. The van der Waals surface area contributed by atoms with Gasteiger partial charge in [0.05, 0.1) is 5.56 Å². The van der Waals surface area contributed by atoms with Crippen molar-refractivity contribution in [3.05, 3.63) is 51.7 Å². The van der Waals surface area contributed by atoms with E-state index in [0.717, 1.165) is 15.8 Å². The van der Waals surface area contributed by atoms with E-state index >= 15 is 0 Å². The van der Waals surface area contributed by atoms with Gasteiger partial charge in [-0.1, -0.05) is 6.07 Å². The number of phenolic OH excluding ortho intramolecular Hbond substituents is 1. The number of rotatable bonds is 1. The third-order valence-electron chi connectivity index (χ3n) is 2.92. The van der Waals surface area contributed by atoms with Crippen LogP contribution in [-0.4, -0.2) is 5.11 Å². The van der Waals surface area contributed by atoms with Crippen molar-refractivity contribution >= 4 is 22.3 Å². The largest absolute Gasteiger partial charge is 0.508 e. The highest BCUT2D eigenvalue weighted by Crippen LogP contribution is 2.30. The molecule has 3 aromatic rings. The van der Waals surface area contributed by atoms with Crippen molar-refractivity contribution in [2.75, 3.05) is 0 Å². The molecule has 0 saturated heterocycles. The lowest BCUT2D eigenvalue weighted by molar-refractivity contribution is 0.473. The van der Waals surface area contributed by atoms with Crippen LogP contribution in [0.4, 0.5) is 0 Å². The Bertz CT molecular complexity index is 770. The van der Waals surface area contributed by atoms with E-state index in [2.05, 4.69) is 0 Å². The van der Waals surface area contributed by atoms with E-state index in [9.17, 15) is 9.90 Å². The smallest absolute Gasteiger partial charge is 0.345 e. The van der Waals surface area contributed by atoms with Gasteiger partial charge in [-0.2, -0.15) is 0 Å². The Labute approximate surface area is 107 Å². The molecular formula is C14H10O3S. The second-order valence-corrected chi connectivity index (χ2v) is 4.99. The predicted octanol–water partition coefficient (Wildman–Crippen LogP) is 3.54. The normalized spacial score (nSPS) is 10.9. The summed E-state index contributed by atoms with van der Waals surface area (Å²) in [4.78, 5) is 12.9. The maximum absolute atomic E-state index is 12.0. The van der Waals surface area contributed by atoms with Gasteiger partial charge in [0.1, 0.15) is 11.3 Å². The molecule has 90 valence electrons. The molecule has 0 amide bonds. The summed E-state index contributed by atoms with van der Waals surface area (Å²) in [6.45, 7) is 1.89. The Hall–Kier alpha value is -2.07. The fraction of sp³-hybridized carbons (Fsp3) is 0.0714. The summed E-state index contributed by atoms with van der Waals surface area (Å²) < 4.78 is 5.27. The van der Waals surface area contributed by atoms with Crippen LogP contribution in [0.5, 0.6) is 5.75 Å². The van der Waals surface area contributed by atoms with Crippen molar-refractivity contribution in [2.24, 2.45) is 0 Å². The molecule has 1 N–H and O–H groups in total. The minimum absolute atomic E-state index is 0.0916. The third-order valence-corrected chi connectivity index (χ3v) is 3.81. The Kier molecular flexibility index (Phi) is 2.45.